The smallest absolute Gasteiger partial charge is 0.287 e. The molecule has 59 heavy (non-hydrogen) atoms. The average molecular weight is 849 g/mol. The minimum absolute atomic E-state index is 0.458. The largest absolute Gasteiger partial charge is 0.474 e. The second-order valence-corrected chi connectivity index (χ2v) is 19.4. The van der Waals surface area contributed by atoms with E-state index in [2.05, 4.69) is 57.2 Å². The van der Waals surface area contributed by atoms with Crippen molar-refractivity contribution in [2.75, 3.05) is 19.8 Å². The highest BCUT2D eigenvalue weighted by Gasteiger charge is 2.26. The Morgan fingerprint density at radius 3 is 0.627 bits per heavy atom. The molecule has 0 amide bonds. The Morgan fingerprint density at radius 1 is 0.254 bits per heavy atom. The molecule has 0 aliphatic rings. The first-order valence-corrected chi connectivity index (χ1v) is 28.1. The zero-order valence-electron chi connectivity index (χ0n) is 40.4. The molecule has 0 heterocycles. The van der Waals surface area contributed by atoms with Gasteiger partial charge in [-0.2, -0.15) is 0 Å². The molecule has 0 aliphatic carbocycles. The van der Waals surface area contributed by atoms with Crippen molar-refractivity contribution in [3.63, 3.8) is 0 Å². The molecule has 0 saturated heterocycles. The number of allylic oxidation sites excluding steroid dienone is 6. The van der Waals surface area contributed by atoms with Crippen LogP contribution in [0.3, 0.4) is 0 Å². The van der Waals surface area contributed by atoms with Gasteiger partial charge in [-0.3, -0.25) is 13.6 Å². The van der Waals surface area contributed by atoms with Crippen molar-refractivity contribution in [3.05, 3.63) is 36.5 Å². The lowest BCUT2D eigenvalue weighted by Crippen LogP contribution is -2.04. The van der Waals surface area contributed by atoms with Gasteiger partial charge in [0.1, 0.15) is 0 Å². The molecule has 0 fully saturated rings. The number of phosphoric ester groups is 1. The van der Waals surface area contributed by atoms with Crippen molar-refractivity contribution < 1.29 is 18.1 Å². The Kier molecular flexibility index (Phi) is 51.1. The first-order valence-electron chi connectivity index (χ1n) is 26.7. The fourth-order valence-corrected chi connectivity index (χ4v) is 8.97. The van der Waals surface area contributed by atoms with Crippen LogP contribution in [0.15, 0.2) is 36.5 Å². The van der Waals surface area contributed by atoms with E-state index in [0.717, 1.165) is 38.5 Å². The Labute approximate surface area is 371 Å². The number of unbranched alkanes of at least 4 members (excludes halogenated alkanes) is 36. The SMILES string of the molecule is CCCCCCCC/C=C/CCCCCCCCOP(=O)(OCCCCCCCC/C=C/CCCCCCCC)OCCCCCCCC/C=C/CCCCCCCC. The summed E-state index contributed by atoms with van der Waals surface area (Å²) in [5.74, 6) is 0. The monoisotopic (exact) mass is 849 g/mol. The Balaban J connectivity index is 4.18. The Morgan fingerprint density at radius 2 is 0.424 bits per heavy atom. The van der Waals surface area contributed by atoms with Gasteiger partial charge in [0.05, 0.1) is 19.8 Å². The predicted octanol–water partition coefficient (Wildman–Crippen LogP) is 20.3. The van der Waals surface area contributed by atoms with Crippen LogP contribution >= 0.6 is 7.82 Å². The third-order valence-corrected chi connectivity index (χ3v) is 13.2. The standard InChI is InChI=1S/C54H105O4P/c1-4-7-10-13-16-19-22-25-28-31-34-37-40-43-46-49-52-56-59(55,57-53-50-47-44-41-38-35-32-29-26-23-20-17-14-11-8-5-2)58-54-51-48-45-42-39-36-33-30-27-24-21-18-15-12-9-6-3/h25-30H,4-24,31-54H2,1-3H3/b28-25+,29-26+,30-27+. The summed E-state index contributed by atoms with van der Waals surface area (Å²) in [4.78, 5) is 0. The molecule has 4 nitrogen and oxygen atoms in total. The maximum absolute atomic E-state index is 13.6. The van der Waals surface area contributed by atoms with Crippen LogP contribution in [0.2, 0.25) is 0 Å². The first kappa shape index (κ1) is 58.3. The van der Waals surface area contributed by atoms with Gasteiger partial charge in [0.25, 0.3) is 0 Å². The second-order valence-electron chi connectivity index (χ2n) is 17.8. The molecule has 0 aromatic heterocycles. The van der Waals surface area contributed by atoms with Gasteiger partial charge in [-0.15, -0.1) is 0 Å². The Bertz CT molecular complexity index is 800. The maximum atomic E-state index is 13.6. The van der Waals surface area contributed by atoms with Crippen LogP contribution in [0.25, 0.3) is 0 Å². The summed E-state index contributed by atoms with van der Waals surface area (Å²) >= 11 is 0. The summed E-state index contributed by atoms with van der Waals surface area (Å²) in [6, 6.07) is 0. The second kappa shape index (κ2) is 51.7. The van der Waals surface area contributed by atoms with Gasteiger partial charge >= 0.3 is 7.82 Å². The van der Waals surface area contributed by atoms with Crippen LogP contribution < -0.4 is 0 Å². The summed E-state index contributed by atoms with van der Waals surface area (Å²) in [5.41, 5.74) is 0. The zero-order valence-corrected chi connectivity index (χ0v) is 41.3. The molecule has 0 radical (unpaired) electrons. The van der Waals surface area contributed by atoms with Gasteiger partial charge in [0.2, 0.25) is 0 Å². The molecule has 0 spiro atoms. The third-order valence-electron chi connectivity index (χ3n) is 11.7. The van der Waals surface area contributed by atoms with E-state index in [0.29, 0.717) is 19.8 Å². The summed E-state index contributed by atoms with van der Waals surface area (Å²) < 4.78 is 31.3. The lowest BCUT2D eigenvalue weighted by atomic mass is 10.1. The summed E-state index contributed by atoms with van der Waals surface area (Å²) in [6.45, 7) is 8.22. The van der Waals surface area contributed by atoms with E-state index in [1.807, 2.05) is 0 Å². The van der Waals surface area contributed by atoms with Gasteiger partial charge in [0.15, 0.2) is 0 Å². The minimum atomic E-state index is -3.51. The van der Waals surface area contributed by atoms with Gasteiger partial charge < -0.3 is 0 Å². The topological polar surface area (TPSA) is 44.8 Å². The normalized spacial score (nSPS) is 12.4. The highest BCUT2D eigenvalue weighted by Crippen LogP contribution is 2.50. The van der Waals surface area contributed by atoms with E-state index in [-0.39, 0.29) is 0 Å². The van der Waals surface area contributed by atoms with E-state index in [1.54, 1.807) is 0 Å². The van der Waals surface area contributed by atoms with E-state index in [4.69, 9.17) is 13.6 Å². The molecule has 0 N–H and O–H groups in total. The van der Waals surface area contributed by atoms with Crippen LogP contribution in [0, 0.1) is 0 Å². The fraction of sp³-hybridized carbons (Fsp3) is 0.889. The van der Waals surface area contributed by atoms with Crippen molar-refractivity contribution in [2.24, 2.45) is 0 Å². The van der Waals surface area contributed by atoms with Crippen LogP contribution in [-0.2, 0) is 18.1 Å². The van der Waals surface area contributed by atoms with Gasteiger partial charge in [-0.25, -0.2) is 4.57 Å². The maximum Gasteiger partial charge on any atom is 0.474 e. The van der Waals surface area contributed by atoms with Gasteiger partial charge in [-0.05, 0) is 96.3 Å². The third kappa shape index (κ3) is 49.9. The quantitative estimate of drug-likeness (QED) is 0.0347. The molecule has 0 unspecified atom stereocenters. The molecule has 0 saturated carbocycles. The summed E-state index contributed by atoms with van der Waals surface area (Å²) in [6.07, 6.45) is 67.8. The molecule has 0 aromatic rings. The van der Waals surface area contributed by atoms with E-state index in [1.165, 1.54) is 231 Å². The van der Waals surface area contributed by atoms with Crippen LogP contribution in [0.1, 0.15) is 290 Å². The molecule has 0 aliphatic heterocycles. The lowest BCUT2D eigenvalue weighted by Gasteiger charge is -2.18. The zero-order chi connectivity index (χ0) is 42.7. The van der Waals surface area contributed by atoms with E-state index in [9.17, 15) is 4.57 Å². The number of hydrogen-bond donors (Lipinski definition) is 0. The summed E-state index contributed by atoms with van der Waals surface area (Å²) in [7, 11) is -3.51. The molecule has 350 valence electrons. The van der Waals surface area contributed by atoms with Gasteiger partial charge in [-0.1, -0.05) is 231 Å². The fourth-order valence-electron chi connectivity index (χ4n) is 7.69. The number of hydrogen-bond acceptors (Lipinski definition) is 4. The average Bonchev–Trinajstić information content (AvgIpc) is 3.24. The van der Waals surface area contributed by atoms with Gasteiger partial charge in [0, 0.05) is 0 Å². The number of phosphoric acid groups is 1. The minimum Gasteiger partial charge on any atom is -0.287 e. The lowest BCUT2D eigenvalue weighted by molar-refractivity contribution is 0.108. The van der Waals surface area contributed by atoms with Crippen molar-refractivity contribution in [1.82, 2.24) is 0 Å². The number of rotatable bonds is 51. The van der Waals surface area contributed by atoms with Crippen molar-refractivity contribution >= 4 is 7.82 Å². The Hall–Kier alpha value is -0.670. The van der Waals surface area contributed by atoms with E-state index < -0.39 is 7.82 Å². The predicted molar refractivity (Wildman–Crippen MR) is 264 cm³/mol. The molecule has 0 aromatic carbocycles. The van der Waals surface area contributed by atoms with Crippen LogP contribution in [0.4, 0.5) is 0 Å². The van der Waals surface area contributed by atoms with Crippen molar-refractivity contribution in [2.45, 2.75) is 290 Å². The van der Waals surface area contributed by atoms with Crippen LogP contribution in [-0.4, -0.2) is 19.8 Å². The molecule has 0 bridgehead atoms. The molecule has 5 heteroatoms. The molecule has 0 rings (SSSR count). The highest BCUT2D eigenvalue weighted by atomic mass is 31.2. The molecular formula is C54H105O4P. The first-order chi connectivity index (χ1) is 29.2. The molecular weight excluding hydrogens is 744 g/mol. The van der Waals surface area contributed by atoms with Crippen molar-refractivity contribution in [1.29, 1.82) is 0 Å². The van der Waals surface area contributed by atoms with E-state index >= 15 is 0 Å². The highest BCUT2D eigenvalue weighted by molar-refractivity contribution is 7.48. The molecule has 0 atom stereocenters. The van der Waals surface area contributed by atoms with Crippen LogP contribution in [0.5, 0.6) is 0 Å². The van der Waals surface area contributed by atoms with Crippen molar-refractivity contribution in [3.8, 4) is 0 Å². The summed E-state index contributed by atoms with van der Waals surface area (Å²) in [5, 5.41) is 0.